The van der Waals surface area contributed by atoms with E-state index in [9.17, 15) is 13.2 Å². The van der Waals surface area contributed by atoms with E-state index in [0.29, 0.717) is 23.1 Å². The number of carbonyl (C=O) groups excluding carboxylic acids is 1. The number of hydrogen-bond acceptors (Lipinski definition) is 7. The summed E-state index contributed by atoms with van der Waals surface area (Å²) in [6.45, 7) is 4.81. The highest BCUT2D eigenvalue weighted by Gasteiger charge is 2.32. The number of fused-ring (bicyclic) bond motifs is 1. The van der Waals surface area contributed by atoms with Crippen molar-refractivity contribution >= 4 is 33.0 Å². The molecule has 3 aromatic rings. The first-order chi connectivity index (χ1) is 12.9. The van der Waals surface area contributed by atoms with Gasteiger partial charge < -0.3 is 4.90 Å². The van der Waals surface area contributed by atoms with Gasteiger partial charge in [0.05, 0.1) is 0 Å². The van der Waals surface area contributed by atoms with Crippen LogP contribution in [0.15, 0.2) is 28.6 Å². The van der Waals surface area contributed by atoms with E-state index in [1.165, 1.54) is 20.2 Å². The van der Waals surface area contributed by atoms with Crippen molar-refractivity contribution < 1.29 is 13.2 Å². The average molecular weight is 406 g/mol. The van der Waals surface area contributed by atoms with Crippen molar-refractivity contribution in [3.8, 4) is 0 Å². The number of sulfonamides is 1. The summed E-state index contributed by atoms with van der Waals surface area (Å²) >= 11 is 1.26. The summed E-state index contributed by atoms with van der Waals surface area (Å²) in [6, 6.07) is 5.21. The van der Waals surface area contributed by atoms with Crippen LogP contribution < -0.4 is 0 Å². The number of rotatable bonds is 3. The monoisotopic (exact) mass is 406 g/mol. The maximum Gasteiger partial charge on any atom is 0.293 e. The van der Waals surface area contributed by atoms with Crippen LogP contribution in [-0.2, 0) is 10.0 Å². The van der Waals surface area contributed by atoms with Crippen molar-refractivity contribution in [3.63, 3.8) is 0 Å². The Kier molecular flexibility index (Phi) is 4.44. The zero-order valence-electron chi connectivity index (χ0n) is 14.9. The van der Waals surface area contributed by atoms with Gasteiger partial charge in [-0.3, -0.25) is 4.79 Å². The lowest BCUT2D eigenvalue weighted by Gasteiger charge is -2.33. The molecule has 4 rings (SSSR count). The number of nitrogens with zero attached hydrogens (tertiary/aromatic N) is 6. The molecule has 1 aliphatic rings. The van der Waals surface area contributed by atoms with E-state index < -0.39 is 10.0 Å². The molecule has 0 unspecified atom stereocenters. The summed E-state index contributed by atoms with van der Waals surface area (Å²) in [5.74, 6) is 0.124. The van der Waals surface area contributed by atoms with Gasteiger partial charge in [0.1, 0.15) is 4.21 Å². The zero-order chi connectivity index (χ0) is 19.2. The molecule has 0 atom stereocenters. The Bertz CT molecular complexity index is 1110. The van der Waals surface area contributed by atoms with Gasteiger partial charge in [0.25, 0.3) is 21.7 Å². The first-order valence-electron chi connectivity index (χ1n) is 8.40. The summed E-state index contributed by atoms with van der Waals surface area (Å²) in [4.78, 5) is 23.5. The lowest BCUT2D eigenvalue weighted by Crippen LogP contribution is -2.50. The van der Waals surface area contributed by atoms with E-state index >= 15 is 0 Å². The van der Waals surface area contributed by atoms with Gasteiger partial charge in [0.15, 0.2) is 0 Å². The fraction of sp³-hybridized carbons (Fsp3) is 0.375. The summed E-state index contributed by atoms with van der Waals surface area (Å²) in [5, 5.41) is 4.23. The van der Waals surface area contributed by atoms with E-state index in [1.807, 2.05) is 13.8 Å². The van der Waals surface area contributed by atoms with Crippen LogP contribution in [0.4, 0.5) is 0 Å². The molecule has 0 spiro atoms. The Morgan fingerprint density at radius 2 is 1.85 bits per heavy atom. The minimum atomic E-state index is -3.51. The highest BCUT2D eigenvalue weighted by Crippen LogP contribution is 2.25. The average Bonchev–Trinajstić information content (AvgIpc) is 3.29. The molecular weight excluding hydrogens is 388 g/mol. The quantitative estimate of drug-likeness (QED) is 0.642. The molecule has 11 heteroatoms. The van der Waals surface area contributed by atoms with Gasteiger partial charge in [-0.25, -0.2) is 17.9 Å². The van der Waals surface area contributed by atoms with Crippen LogP contribution >= 0.6 is 11.3 Å². The first kappa shape index (κ1) is 18.0. The second kappa shape index (κ2) is 6.66. The lowest BCUT2D eigenvalue weighted by molar-refractivity contribution is 0.0686. The second-order valence-electron chi connectivity index (χ2n) is 6.29. The Morgan fingerprint density at radius 1 is 1.11 bits per heavy atom. The highest BCUT2D eigenvalue weighted by atomic mass is 32.2. The largest absolute Gasteiger partial charge is 0.333 e. The SMILES string of the molecule is Cc1ccc(S(=O)(=O)N2CCN(C(=O)c3nc4nccc(C)n4n3)CC2)s1. The topological polar surface area (TPSA) is 101 Å². The third-order valence-electron chi connectivity index (χ3n) is 4.46. The van der Waals surface area contributed by atoms with Crippen molar-refractivity contribution in [3.05, 3.63) is 40.8 Å². The van der Waals surface area contributed by atoms with Crippen LogP contribution in [0.3, 0.4) is 0 Å². The van der Waals surface area contributed by atoms with Gasteiger partial charge in [-0.2, -0.15) is 9.29 Å². The van der Waals surface area contributed by atoms with E-state index in [4.69, 9.17) is 0 Å². The molecule has 0 radical (unpaired) electrons. The summed E-state index contributed by atoms with van der Waals surface area (Å²) in [6.07, 6.45) is 1.61. The number of aryl methyl sites for hydroxylation is 2. The Morgan fingerprint density at radius 3 is 2.48 bits per heavy atom. The maximum atomic E-state index is 12.7. The van der Waals surface area contributed by atoms with Gasteiger partial charge in [-0.05, 0) is 32.0 Å². The smallest absolute Gasteiger partial charge is 0.293 e. The van der Waals surface area contributed by atoms with Gasteiger partial charge in [-0.15, -0.1) is 16.4 Å². The predicted molar refractivity (Wildman–Crippen MR) is 99.2 cm³/mol. The zero-order valence-corrected chi connectivity index (χ0v) is 16.5. The van der Waals surface area contributed by atoms with Gasteiger partial charge in [-0.1, -0.05) is 0 Å². The molecule has 1 saturated heterocycles. The van der Waals surface area contributed by atoms with Crippen molar-refractivity contribution in [1.29, 1.82) is 0 Å². The number of thiophene rings is 1. The molecule has 4 heterocycles. The van der Waals surface area contributed by atoms with Crippen molar-refractivity contribution in [2.75, 3.05) is 26.2 Å². The lowest BCUT2D eigenvalue weighted by atomic mass is 10.3. The van der Waals surface area contributed by atoms with Gasteiger partial charge in [0.2, 0.25) is 5.82 Å². The maximum absolute atomic E-state index is 12.7. The number of piperazine rings is 1. The molecule has 1 amide bonds. The molecule has 0 bridgehead atoms. The normalized spacial score (nSPS) is 16.1. The second-order valence-corrected chi connectivity index (χ2v) is 9.75. The van der Waals surface area contributed by atoms with Gasteiger partial charge >= 0.3 is 0 Å². The van der Waals surface area contributed by atoms with Gasteiger partial charge in [0, 0.05) is 42.9 Å². The fourth-order valence-corrected chi connectivity index (χ4v) is 5.81. The van der Waals surface area contributed by atoms with Crippen LogP contribution in [-0.4, -0.2) is 69.3 Å². The summed E-state index contributed by atoms with van der Waals surface area (Å²) < 4.78 is 28.7. The molecule has 1 fully saturated rings. The van der Waals surface area contributed by atoms with Crippen molar-refractivity contribution in [1.82, 2.24) is 28.8 Å². The number of aromatic nitrogens is 4. The Hall–Kier alpha value is -2.37. The van der Waals surface area contributed by atoms with Crippen molar-refractivity contribution in [2.45, 2.75) is 18.1 Å². The molecule has 142 valence electrons. The molecule has 0 aliphatic carbocycles. The minimum absolute atomic E-state index is 0.0713. The number of carbonyl (C=O) groups is 1. The molecule has 1 aliphatic heterocycles. The van der Waals surface area contributed by atoms with Crippen LogP contribution in [0.2, 0.25) is 0 Å². The number of hydrogen-bond donors (Lipinski definition) is 0. The van der Waals surface area contributed by atoms with E-state index in [-0.39, 0.29) is 24.8 Å². The Labute approximate surface area is 160 Å². The third kappa shape index (κ3) is 3.22. The molecule has 9 nitrogen and oxygen atoms in total. The third-order valence-corrected chi connectivity index (χ3v) is 7.82. The van der Waals surface area contributed by atoms with Crippen LogP contribution in [0, 0.1) is 13.8 Å². The van der Waals surface area contributed by atoms with Crippen LogP contribution in [0.5, 0.6) is 0 Å². The molecular formula is C16H18N6O3S2. The van der Waals surface area contributed by atoms with Crippen molar-refractivity contribution in [2.24, 2.45) is 0 Å². The van der Waals surface area contributed by atoms with E-state index in [2.05, 4.69) is 15.1 Å². The van der Waals surface area contributed by atoms with E-state index in [1.54, 1.807) is 29.3 Å². The summed E-state index contributed by atoms with van der Waals surface area (Å²) in [5.41, 5.74) is 0.828. The van der Waals surface area contributed by atoms with E-state index in [0.717, 1.165) is 10.6 Å². The number of amides is 1. The standard InChI is InChI=1S/C16H18N6O3S2/c1-11-5-6-17-16-18-14(19-22(11)16)15(23)20-7-9-21(10-8-20)27(24,25)13-4-3-12(2)26-13/h3-6H,7-10H2,1-2H3. The van der Waals surface area contributed by atoms with Crippen LogP contribution in [0.1, 0.15) is 21.2 Å². The predicted octanol–water partition coefficient (Wildman–Crippen LogP) is 0.949. The Balaban J connectivity index is 1.48. The molecule has 27 heavy (non-hydrogen) atoms. The first-order valence-corrected chi connectivity index (χ1v) is 10.7. The fourth-order valence-electron chi connectivity index (χ4n) is 2.95. The highest BCUT2D eigenvalue weighted by molar-refractivity contribution is 7.91. The molecule has 0 aromatic carbocycles. The molecule has 3 aromatic heterocycles. The molecule has 0 N–H and O–H groups in total. The van der Waals surface area contributed by atoms with Crippen LogP contribution in [0.25, 0.3) is 5.78 Å². The summed E-state index contributed by atoms with van der Waals surface area (Å²) in [7, 11) is -3.51. The molecule has 0 saturated carbocycles. The minimum Gasteiger partial charge on any atom is -0.333 e.